The van der Waals surface area contributed by atoms with Gasteiger partial charge in [0.25, 0.3) is 0 Å². The van der Waals surface area contributed by atoms with Gasteiger partial charge in [-0.1, -0.05) is 6.42 Å². The average molecular weight is 265 g/mol. The molecule has 0 aromatic carbocycles. The molecule has 3 nitrogen and oxygen atoms in total. The molecular weight excluding hydrogens is 234 g/mol. The zero-order valence-electron chi connectivity index (χ0n) is 13.0. The maximum absolute atomic E-state index is 3.41. The standard InChI is InChI=1S/C16H31N3/c1-13(2)19(15-5-4-6-15)8-7-18-11-16(12-18)9-14(10-16)17-3/h13-15,17H,4-12H2,1-3H3. The Kier molecular flexibility index (Phi) is 3.89. The monoisotopic (exact) mass is 265 g/mol. The summed E-state index contributed by atoms with van der Waals surface area (Å²) in [6, 6.07) is 2.43. The summed E-state index contributed by atoms with van der Waals surface area (Å²) in [7, 11) is 2.10. The Bertz CT molecular complexity index is 297. The van der Waals surface area contributed by atoms with Crippen LogP contribution in [0.15, 0.2) is 0 Å². The Labute approximate surface area is 118 Å². The molecule has 0 aromatic heterocycles. The maximum Gasteiger partial charge on any atom is 0.0115 e. The lowest BCUT2D eigenvalue weighted by Crippen LogP contribution is -2.66. The van der Waals surface area contributed by atoms with Gasteiger partial charge >= 0.3 is 0 Å². The first-order valence-corrected chi connectivity index (χ1v) is 8.27. The Morgan fingerprint density at radius 3 is 2.42 bits per heavy atom. The molecule has 1 heterocycles. The summed E-state index contributed by atoms with van der Waals surface area (Å²) in [6.07, 6.45) is 7.15. The van der Waals surface area contributed by atoms with Gasteiger partial charge < -0.3 is 10.2 Å². The highest BCUT2D eigenvalue weighted by Crippen LogP contribution is 2.48. The highest BCUT2D eigenvalue weighted by molar-refractivity contribution is 5.06. The lowest BCUT2D eigenvalue weighted by Gasteiger charge is -2.59. The van der Waals surface area contributed by atoms with Gasteiger partial charge in [0.15, 0.2) is 0 Å². The van der Waals surface area contributed by atoms with Crippen molar-refractivity contribution in [3.63, 3.8) is 0 Å². The molecule has 3 heteroatoms. The van der Waals surface area contributed by atoms with Crippen LogP contribution in [0.4, 0.5) is 0 Å². The zero-order valence-corrected chi connectivity index (χ0v) is 13.0. The number of likely N-dealkylation sites (tertiary alicyclic amines) is 1. The van der Waals surface area contributed by atoms with E-state index >= 15 is 0 Å². The van der Waals surface area contributed by atoms with Gasteiger partial charge in [-0.15, -0.1) is 0 Å². The van der Waals surface area contributed by atoms with Crippen molar-refractivity contribution in [2.75, 3.05) is 33.2 Å². The molecule has 1 saturated heterocycles. The van der Waals surface area contributed by atoms with E-state index in [0.717, 1.165) is 18.1 Å². The van der Waals surface area contributed by atoms with Gasteiger partial charge in [0, 0.05) is 44.3 Å². The lowest BCUT2D eigenvalue weighted by atomic mass is 9.60. The van der Waals surface area contributed by atoms with E-state index in [1.54, 1.807) is 0 Å². The van der Waals surface area contributed by atoms with Crippen LogP contribution in [-0.2, 0) is 0 Å². The van der Waals surface area contributed by atoms with Gasteiger partial charge in [0.05, 0.1) is 0 Å². The molecule has 1 spiro atoms. The molecule has 3 aliphatic rings. The third-order valence-electron chi connectivity index (χ3n) is 5.77. The van der Waals surface area contributed by atoms with Crippen LogP contribution < -0.4 is 5.32 Å². The summed E-state index contributed by atoms with van der Waals surface area (Å²) in [5.41, 5.74) is 0.715. The van der Waals surface area contributed by atoms with Crippen LogP contribution in [0.5, 0.6) is 0 Å². The van der Waals surface area contributed by atoms with Crippen LogP contribution in [-0.4, -0.2) is 61.2 Å². The molecule has 0 amide bonds. The molecule has 3 fully saturated rings. The molecule has 0 aromatic rings. The average Bonchev–Trinajstić information content (AvgIpc) is 2.20. The van der Waals surface area contributed by atoms with Gasteiger partial charge in [0.1, 0.15) is 0 Å². The minimum Gasteiger partial charge on any atom is -0.317 e. The molecule has 0 unspecified atom stereocenters. The summed E-state index contributed by atoms with van der Waals surface area (Å²) in [5.74, 6) is 0. The fourth-order valence-corrected chi connectivity index (χ4v) is 4.35. The summed E-state index contributed by atoms with van der Waals surface area (Å²) in [6.45, 7) is 10.0. The Morgan fingerprint density at radius 2 is 1.95 bits per heavy atom. The second-order valence-electron chi connectivity index (χ2n) is 7.52. The van der Waals surface area contributed by atoms with Crippen molar-refractivity contribution >= 4 is 0 Å². The van der Waals surface area contributed by atoms with Crippen molar-refractivity contribution in [1.82, 2.24) is 15.1 Å². The molecule has 19 heavy (non-hydrogen) atoms. The van der Waals surface area contributed by atoms with Gasteiger partial charge in [0.2, 0.25) is 0 Å². The lowest BCUT2D eigenvalue weighted by molar-refractivity contribution is -0.0824. The van der Waals surface area contributed by atoms with Gasteiger partial charge in [-0.3, -0.25) is 4.90 Å². The van der Waals surface area contributed by atoms with E-state index in [1.165, 1.54) is 58.3 Å². The van der Waals surface area contributed by atoms with E-state index in [2.05, 4.69) is 36.0 Å². The van der Waals surface area contributed by atoms with E-state index in [4.69, 9.17) is 0 Å². The number of nitrogens with one attached hydrogen (secondary N) is 1. The minimum atomic E-state index is 0.715. The largest absolute Gasteiger partial charge is 0.317 e. The van der Waals surface area contributed by atoms with Crippen LogP contribution >= 0.6 is 0 Å². The first-order valence-electron chi connectivity index (χ1n) is 8.27. The van der Waals surface area contributed by atoms with E-state index in [9.17, 15) is 0 Å². The molecule has 0 bridgehead atoms. The Balaban J connectivity index is 1.37. The highest BCUT2D eigenvalue weighted by Gasteiger charge is 2.51. The third-order valence-corrected chi connectivity index (χ3v) is 5.77. The van der Waals surface area contributed by atoms with E-state index < -0.39 is 0 Å². The van der Waals surface area contributed by atoms with Crippen LogP contribution in [0.2, 0.25) is 0 Å². The van der Waals surface area contributed by atoms with Gasteiger partial charge in [-0.25, -0.2) is 0 Å². The number of hydrogen-bond acceptors (Lipinski definition) is 3. The Hall–Kier alpha value is -0.120. The van der Waals surface area contributed by atoms with Crippen LogP contribution in [0.25, 0.3) is 0 Å². The number of hydrogen-bond donors (Lipinski definition) is 1. The topological polar surface area (TPSA) is 18.5 Å². The predicted molar refractivity (Wildman–Crippen MR) is 80.4 cm³/mol. The van der Waals surface area contributed by atoms with Crippen molar-refractivity contribution in [2.24, 2.45) is 5.41 Å². The normalized spacial score (nSPS) is 27.6. The number of nitrogens with zero attached hydrogens (tertiary/aromatic N) is 2. The van der Waals surface area contributed by atoms with E-state index in [-0.39, 0.29) is 0 Å². The first kappa shape index (κ1) is 13.8. The highest BCUT2D eigenvalue weighted by atomic mass is 15.3. The van der Waals surface area contributed by atoms with E-state index in [0.29, 0.717) is 5.41 Å². The predicted octanol–water partition coefficient (Wildman–Crippen LogP) is 1.93. The molecule has 0 atom stereocenters. The maximum atomic E-state index is 3.41. The summed E-state index contributed by atoms with van der Waals surface area (Å²) < 4.78 is 0. The van der Waals surface area contributed by atoms with Crippen molar-refractivity contribution in [1.29, 1.82) is 0 Å². The van der Waals surface area contributed by atoms with Gasteiger partial charge in [-0.05, 0) is 52.0 Å². The molecule has 2 saturated carbocycles. The number of rotatable bonds is 6. The van der Waals surface area contributed by atoms with Crippen molar-refractivity contribution in [2.45, 2.75) is 64.1 Å². The van der Waals surface area contributed by atoms with Crippen LogP contribution in [0.3, 0.4) is 0 Å². The summed E-state index contributed by atoms with van der Waals surface area (Å²) in [4.78, 5) is 5.42. The first-order chi connectivity index (χ1) is 9.12. The third kappa shape index (κ3) is 2.70. The zero-order chi connectivity index (χ0) is 13.5. The van der Waals surface area contributed by atoms with Crippen molar-refractivity contribution in [3.05, 3.63) is 0 Å². The molecular formula is C16H31N3. The fraction of sp³-hybridized carbons (Fsp3) is 1.00. The molecule has 110 valence electrons. The summed E-state index contributed by atoms with van der Waals surface area (Å²) in [5, 5.41) is 3.41. The van der Waals surface area contributed by atoms with E-state index in [1.807, 2.05) is 0 Å². The molecule has 3 rings (SSSR count). The minimum absolute atomic E-state index is 0.715. The fourth-order valence-electron chi connectivity index (χ4n) is 4.35. The second-order valence-corrected chi connectivity index (χ2v) is 7.52. The van der Waals surface area contributed by atoms with Crippen molar-refractivity contribution < 1.29 is 0 Å². The second kappa shape index (κ2) is 5.34. The quantitative estimate of drug-likeness (QED) is 0.792. The summed E-state index contributed by atoms with van der Waals surface area (Å²) >= 11 is 0. The van der Waals surface area contributed by atoms with Crippen LogP contribution in [0.1, 0.15) is 46.0 Å². The molecule has 1 aliphatic heterocycles. The van der Waals surface area contributed by atoms with Crippen molar-refractivity contribution in [3.8, 4) is 0 Å². The molecule has 2 aliphatic carbocycles. The molecule has 0 radical (unpaired) electrons. The Morgan fingerprint density at radius 1 is 1.26 bits per heavy atom. The molecule has 1 N–H and O–H groups in total. The SMILES string of the molecule is CNC1CC2(C1)CN(CCN(C(C)C)C1CCC1)C2. The smallest absolute Gasteiger partial charge is 0.0115 e. The van der Waals surface area contributed by atoms with Gasteiger partial charge in [-0.2, -0.15) is 0 Å². The van der Waals surface area contributed by atoms with Crippen LogP contribution in [0, 0.1) is 5.41 Å².